The number of nitrogens with zero attached hydrogens (tertiary/aromatic N) is 4. The molecule has 0 aliphatic heterocycles. The van der Waals surface area contributed by atoms with Crippen LogP contribution >= 0.6 is 23.1 Å². The zero-order valence-electron chi connectivity index (χ0n) is 16.8. The molecular weight excluding hydrogens is 372 g/mol. The summed E-state index contributed by atoms with van der Waals surface area (Å²) in [6.45, 7) is 8.56. The Morgan fingerprint density at radius 2 is 1.81 bits per heavy atom. The SMILES string of the molecule is CCCCc1nc2sc3c(N(CC)CC)nc(SC)nc3c2c2c1CCC2. The number of hydrogen-bond donors (Lipinski definition) is 0. The standard InChI is InChI=1S/C21H28N4S2/c1-5-8-12-15-13-10-9-11-14(13)16-17-18(27-20(16)22-15)19(25(6-2)7-3)24-21(23-17)26-4/h5-12H2,1-4H3. The summed E-state index contributed by atoms with van der Waals surface area (Å²) >= 11 is 3.42. The average molecular weight is 401 g/mol. The predicted molar refractivity (Wildman–Crippen MR) is 119 cm³/mol. The van der Waals surface area contributed by atoms with Gasteiger partial charge in [0.05, 0.1) is 10.2 Å². The van der Waals surface area contributed by atoms with E-state index < -0.39 is 0 Å². The number of thiophene rings is 1. The molecule has 0 amide bonds. The summed E-state index contributed by atoms with van der Waals surface area (Å²) in [6, 6.07) is 0. The van der Waals surface area contributed by atoms with Gasteiger partial charge >= 0.3 is 0 Å². The van der Waals surface area contributed by atoms with Crippen molar-refractivity contribution in [2.45, 2.75) is 64.5 Å². The van der Waals surface area contributed by atoms with Gasteiger partial charge in [0.2, 0.25) is 0 Å². The van der Waals surface area contributed by atoms with Crippen molar-refractivity contribution in [3.05, 3.63) is 16.8 Å². The van der Waals surface area contributed by atoms with Gasteiger partial charge in [0.25, 0.3) is 0 Å². The lowest BCUT2D eigenvalue weighted by molar-refractivity contribution is 0.770. The van der Waals surface area contributed by atoms with Gasteiger partial charge in [-0.1, -0.05) is 25.1 Å². The van der Waals surface area contributed by atoms with Gasteiger partial charge < -0.3 is 4.90 Å². The van der Waals surface area contributed by atoms with E-state index in [1.807, 2.05) is 0 Å². The van der Waals surface area contributed by atoms with Gasteiger partial charge in [-0.2, -0.15) is 0 Å². The number of unbranched alkanes of at least 4 members (excludes halogenated alkanes) is 1. The average Bonchev–Trinajstić information content (AvgIpc) is 3.30. The lowest BCUT2D eigenvalue weighted by Crippen LogP contribution is -2.23. The van der Waals surface area contributed by atoms with Crippen LogP contribution in [-0.4, -0.2) is 34.3 Å². The van der Waals surface area contributed by atoms with E-state index in [0.29, 0.717) is 0 Å². The number of anilines is 1. The first-order valence-electron chi connectivity index (χ1n) is 10.2. The molecule has 0 fully saturated rings. The maximum Gasteiger partial charge on any atom is 0.189 e. The van der Waals surface area contributed by atoms with Gasteiger partial charge in [-0.3, -0.25) is 0 Å². The first-order valence-corrected chi connectivity index (χ1v) is 12.2. The van der Waals surface area contributed by atoms with Crippen LogP contribution in [-0.2, 0) is 19.3 Å². The van der Waals surface area contributed by atoms with Crippen molar-refractivity contribution in [2.24, 2.45) is 0 Å². The lowest BCUT2D eigenvalue weighted by Gasteiger charge is -2.20. The Labute approximate surface area is 169 Å². The van der Waals surface area contributed by atoms with Crippen molar-refractivity contribution in [3.8, 4) is 0 Å². The Morgan fingerprint density at radius 1 is 1.04 bits per heavy atom. The minimum atomic E-state index is 0.867. The second kappa shape index (κ2) is 7.92. The van der Waals surface area contributed by atoms with Gasteiger partial charge in [0.15, 0.2) is 11.0 Å². The number of aryl methyl sites for hydroxylation is 2. The highest BCUT2D eigenvalue weighted by Gasteiger charge is 2.25. The molecule has 3 aromatic heterocycles. The Hall–Kier alpha value is -1.40. The molecule has 3 heterocycles. The second-order valence-electron chi connectivity index (χ2n) is 7.14. The van der Waals surface area contributed by atoms with E-state index in [2.05, 4.69) is 31.9 Å². The molecule has 0 radical (unpaired) electrons. The van der Waals surface area contributed by atoms with Crippen molar-refractivity contribution in [1.29, 1.82) is 0 Å². The van der Waals surface area contributed by atoms with Crippen molar-refractivity contribution in [3.63, 3.8) is 0 Å². The van der Waals surface area contributed by atoms with Crippen LogP contribution in [0, 0.1) is 0 Å². The van der Waals surface area contributed by atoms with Crippen molar-refractivity contribution in [1.82, 2.24) is 15.0 Å². The van der Waals surface area contributed by atoms with Crippen molar-refractivity contribution >= 4 is 49.3 Å². The van der Waals surface area contributed by atoms with Gasteiger partial charge in [-0.15, -0.1) is 11.3 Å². The first kappa shape index (κ1) is 18.9. The monoisotopic (exact) mass is 400 g/mol. The highest BCUT2D eigenvalue weighted by atomic mass is 32.2. The molecule has 0 spiro atoms. The van der Waals surface area contributed by atoms with E-state index in [0.717, 1.165) is 40.8 Å². The molecule has 0 unspecified atom stereocenters. The number of fused-ring (bicyclic) bond motifs is 5. The molecule has 4 nitrogen and oxygen atoms in total. The van der Waals surface area contributed by atoms with Crippen LogP contribution in [0.5, 0.6) is 0 Å². The summed E-state index contributed by atoms with van der Waals surface area (Å²) in [6.07, 6.45) is 9.19. The highest BCUT2D eigenvalue weighted by Crippen LogP contribution is 2.43. The van der Waals surface area contributed by atoms with Gasteiger partial charge in [0, 0.05) is 24.2 Å². The molecule has 0 bridgehead atoms. The van der Waals surface area contributed by atoms with Crippen molar-refractivity contribution < 1.29 is 0 Å². The van der Waals surface area contributed by atoms with Crippen molar-refractivity contribution in [2.75, 3.05) is 24.2 Å². The van der Waals surface area contributed by atoms with E-state index in [1.54, 1.807) is 23.1 Å². The molecule has 0 N–H and O–H groups in total. The molecule has 0 aromatic carbocycles. The highest BCUT2D eigenvalue weighted by molar-refractivity contribution is 7.98. The summed E-state index contributed by atoms with van der Waals surface area (Å²) in [7, 11) is 0. The largest absolute Gasteiger partial charge is 0.356 e. The Bertz CT molecular complexity index is 976. The van der Waals surface area contributed by atoms with Crippen LogP contribution in [0.1, 0.15) is 56.9 Å². The molecule has 1 aliphatic carbocycles. The minimum Gasteiger partial charge on any atom is -0.356 e. The molecule has 27 heavy (non-hydrogen) atoms. The van der Waals surface area contributed by atoms with Gasteiger partial charge in [-0.25, -0.2) is 15.0 Å². The molecule has 144 valence electrons. The number of hydrogen-bond acceptors (Lipinski definition) is 6. The molecule has 6 heteroatoms. The Balaban J connectivity index is 2.02. The topological polar surface area (TPSA) is 41.9 Å². The molecule has 0 saturated carbocycles. The van der Waals surface area contributed by atoms with Crippen LogP contribution in [0.4, 0.5) is 5.82 Å². The first-order chi connectivity index (χ1) is 13.2. The third-order valence-electron chi connectivity index (χ3n) is 5.59. The lowest BCUT2D eigenvalue weighted by atomic mass is 10.0. The number of pyridine rings is 1. The molecule has 1 aliphatic rings. The van der Waals surface area contributed by atoms with E-state index in [4.69, 9.17) is 15.0 Å². The summed E-state index contributed by atoms with van der Waals surface area (Å²) in [4.78, 5) is 18.5. The van der Waals surface area contributed by atoms with E-state index in [-0.39, 0.29) is 0 Å². The van der Waals surface area contributed by atoms with Crippen LogP contribution < -0.4 is 4.90 Å². The molecule has 3 aromatic rings. The Kier molecular flexibility index (Phi) is 5.55. The number of thioether (sulfide) groups is 1. The van der Waals surface area contributed by atoms with Crippen LogP contribution in [0.3, 0.4) is 0 Å². The quantitative estimate of drug-likeness (QED) is 0.379. The number of rotatable bonds is 7. The fourth-order valence-corrected chi connectivity index (χ4v) is 5.73. The molecule has 0 atom stereocenters. The van der Waals surface area contributed by atoms with E-state index >= 15 is 0 Å². The molecule has 0 saturated heterocycles. The van der Waals surface area contributed by atoms with Gasteiger partial charge in [0.1, 0.15) is 4.83 Å². The van der Waals surface area contributed by atoms with Crippen LogP contribution in [0.25, 0.3) is 20.4 Å². The zero-order chi connectivity index (χ0) is 19.0. The smallest absolute Gasteiger partial charge is 0.189 e. The predicted octanol–water partition coefficient (Wildman–Crippen LogP) is 5.64. The fraction of sp³-hybridized carbons (Fsp3) is 0.571. The summed E-state index contributed by atoms with van der Waals surface area (Å²) < 4.78 is 1.21. The molecular formula is C21H28N4S2. The van der Waals surface area contributed by atoms with Crippen LogP contribution in [0.2, 0.25) is 0 Å². The van der Waals surface area contributed by atoms with Crippen LogP contribution in [0.15, 0.2) is 5.16 Å². The third kappa shape index (κ3) is 3.21. The summed E-state index contributed by atoms with van der Waals surface area (Å²) in [5, 5.41) is 2.18. The summed E-state index contributed by atoms with van der Waals surface area (Å²) in [5.74, 6) is 1.08. The van der Waals surface area contributed by atoms with Gasteiger partial charge in [-0.05, 0) is 63.3 Å². The second-order valence-corrected chi connectivity index (χ2v) is 8.91. The minimum absolute atomic E-state index is 0.867. The third-order valence-corrected chi connectivity index (χ3v) is 7.21. The number of aromatic nitrogens is 3. The zero-order valence-corrected chi connectivity index (χ0v) is 18.4. The Morgan fingerprint density at radius 3 is 2.52 bits per heavy atom. The fourth-order valence-electron chi connectivity index (χ4n) is 4.19. The maximum atomic E-state index is 5.15. The normalized spacial score (nSPS) is 13.6. The van der Waals surface area contributed by atoms with E-state index in [1.165, 1.54) is 59.0 Å². The summed E-state index contributed by atoms with van der Waals surface area (Å²) in [5.41, 5.74) is 5.51. The maximum absolute atomic E-state index is 5.15. The molecule has 4 rings (SSSR count). The van der Waals surface area contributed by atoms with E-state index in [9.17, 15) is 0 Å².